The molecule has 74 valence electrons. The summed E-state index contributed by atoms with van der Waals surface area (Å²) in [5, 5.41) is 9.25. The molecular formula is C11H14N2O. The highest BCUT2D eigenvalue weighted by Crippen LogP contribution is 2.14. The molecule has 1 rings (SSSR count). The van der Waals surface area contributed by atoms with Crippen LogP contribution >= 0.6 is 0 Å². The highest BCUT2D eigenvalue weighted by molar-refractivity contribution is 5.44. The van der Waals surface area contributed by atoms with Crippen molar-refractivity contribution in [2.75, 3.05) is 18.5 Å². The maximum atomic E-state index is 9.25. The second-order valence-corrected chi connectivity index (χ2v) is 3.18. The van der Waals surface area contributed by atoms with Crippen molar-refractivity contribution in [1.82, 2.24) is 4.98 Å². The number of terminal acetylenes is 1. The Morgan fingerprint density at radius 1 is 1.64 bits per heavy atom. The number of aliphatic hydroxyl groups excluding tert-OH is 1. The third kappa shape index (κ3) is 2.48. The van der Waals surface area contributed by atoms with Crippen LogP contribution in [0.15, 0.2) is 18.3 Å². The minimum atomic E-state index is -0.526. The Labute approximate surface area is 84.4 Å². The number of anilines is 1. The molecule has 3 nitrogen and oxygen atoms in total. The van der Waals surface area contributed by atoms with Gasteiger partial charge in [-0.3, -0.25) is 4.98 Å². The van der Waals surface area contributed by atoms with E-state index >= 15 is 0 Å². The predicted octanol–water partition coefficient (Wildman–Crippen LogP) is 1.20. The van der Waals surface area contributed by atoms with Crippen LogP contribution in [0.25, 0.3) is 0 Å². The lowest BCUT2D eigenvalue weighted by molar-refractivity contribution is 0.194. The van der Waals surface area contributed by atoms with Crippen molar-refractivity contribution in [2.45, 2.75) is 13.0 Å². The van der Waals surface area contributed by atoms with Gasteiger partial charge in [-0.1, -0.05) is 5.92 Å². The lowest BCUT2D eigenvalue weighted by Crippen LogP contribution is -2.17. The van der Waals surface area contributed by atoms with Gasteiger partial charge in [0.2, 0.25) is 0 Å². The summed E-state index contributed by atoms with van der Waals surface area (Å²) < 4.78 is 0. The monoisotopic (exact) mass is 190 g/mol. The number of aliphatic hydroxyl groups is 1. The topological polar surface area (TPSA) is 36.4 Å². The Morgan fingerprint density at radius 3 is 2.79 bits per heavy atom. The van der Waals surface area contributed by atoms with Crippen molar-refractivity contribution in [1.29, 1.82) is 0 Å². The average molecular weight is 190 g/mol. The summed E-state index contributed by atoms with van der Waals surface area (Å²) in [7, 11) is 1.90. The third-order valence-electron chi connectivity index (χ3n) is 1.97. The Bertz CT molecular complexity index is 324. The zero-order valence-corrected chi connectivity index (χ0v) is 8.44. The van der Waals surface area contributed by atoms with Crippen LogP contribution in [-0.4, -0.2) is 23.7 Å². The molecule has 0 aliphatic rings. The van der Waals surface area contributed by atoms with E-state index in [0.717, 1.165) is 5.69 Å². The van der Waals surface area contributed by atoms with E-state index in [1.165, 1.54) is 0 Å². The van der Waals surface area contributed by atoms with Crippen LogP contribution in [0.1, 0.15) is 18.7 Å². The van der Waals surface area contributed by atoms with E-state index in [2.05, 4.69) is 10.9 Å². The highest BCUT2D eigenvalue weighted by Gasteiger charge is 2.03. The second kappa shape index (κ2) is 4.64. The van der Waals surface area contributed by atoms with E-state index in [0.29, 0.717) is 12.2 Å². The van der Waals surface area contributed by atoms with E-state index in [4.69, 9.17) is 6.42 Å². The van der Waals surface area contributed by atoms with E-state index in [1.807, 2.05) is 18.0 Å². The van der Waals surface area contributed by atoms with Crippen LogP contribution in [-0.2, 0) is 0 Å². The molecule has 0 saturated heterocycles. The lowest BCUT2D eigenvalue weighted by Gasteiger charge is -2.15. The molecule has 0 aromatic carbocycles. The van der Waals surface area contributed by atoms with Crippen molar-refractivity contribution in [3.05, 3.63) is 24.0 Å². The Kier molecular flexibility index (Phi) is 3.49. The molecule has 1 aromatic heterocycles. The van der Waals surface area contributed by atoms with Gasteiger partial charge < -0.3 is 10.0 Å². The average Bonchev–Trinajstić information content (AvgIpc) is 2.18. The summed E-state index contributed by atoms with van der Waals surface area (Å²) in [5.74, 6) is 2.55. The molecule has 0 radical (unpaired) electrons. The molecule has 14 heavy (non-hydrogen) atoms. The molecule has 0 aliphatic heterocycles. The predicted molar refractivity (Wildman–Crippen MR) is 57.0 cm³/mol. The molecule has 1 atom stereocenters. The summed E-state index contributed by atoms with van der Waals surface area (Å²) in [4.78, 5) is 6.04. The van der Waals surface area contributed by atoms with Crippen molar-refractivity contribution in [3.63, 3.8) is 0 Å². The first kappa shape index (κ1) is 10.6. The molecule has 0 saturated carbocycles. The maximum Gasteiger partial charge on any atom is 0.0931 e. The number of hydrogen-bond acceptors (Lipinski definition) is 3. The lowest BCUT2D eigenvalue weighted by atomic mass is 10.2. The van der Waals surface area contributed by atoms with Crippen LogP contribution < -0.4 is 4.90 Å². The Balaban J connectivity index is 2.78. The molecule has 3 heteroatoms. The van der Waals surface area contributed by atoms with Crippen molar-refractivity contribution in [3.8, 4) is 12.3 Å². The van der Waals surface area contributed by atoms with Crippen LogP contribution in [0, 0.1) is 12.3 Å². The largest absolute Gasteiger partial charge is 0.387 e. The van der Waals surface area contributed by atoms with Crippen molar-refractivity contribution in [2.24, 2.45) is 0 Å². The fourth-order valence-corrected chi connectivity index (χ4v) is 1.10. The normalized spacial score (nSPS) is 11.9. The highest BCUT2D eigenvalue weighted by atomic mass is 16.3. The summed E-state index contributed by atoms with van der Waals surface area (Å²) >= 11 is 0. The van der Waals surface area contributed by atoms with Crippen molar-refractivity contribution >= 4 is 5.69 Å². The quantitative estimate of drug-likeness (QED) is 0.728. The summed E-state index contributed by atoms with van der Waals surface area (Å²) in [6.07, 6.45) is 6.37. The zero-order chi connectivity index (χ0) is 10.6. The van der Waals surface area contributed by atoms with Gasteiger partial charge in [0.25, 0.3) is 0 Å². The molecule has 0 fully saturated rings. The van der Waals surface area contributed by atoms with Gasteiger partial charge in [0, 0.05) is 7.05 Å². The van der Waals surface area contributed by atoms with Gasteiger partial charge in [0.1, 0.15) is 0 Å². The molecule has 0 aliphatic carbocycles. The van der Waals surface area contributed by atoms with Gasteiger partial charge in [-0.2, -0.15) is 0 Å². The first-order chi connectivity index (χ1) is 6.65. The van der Waals surface area contributed by atoms with E-state index in [-0.39, 0.29) is 0 Å². The Morgan fingerprint density at radius 2 is 2.36 bits per heavy atom. The standard InChI is InChI=1S/C11H14N2O/c1-4-7-13(3)10-5-6-11(9(2)14)12-8-10/h1,5-6,8-9,14H,7H2,2-3H3. The Hall–Kier alpha value is -1.53. The second-order valence-electron chi connectivity index (χ2n) is 3.18. The number of aromatic nitrogens is 1. The molecule has 0 amide bonds. The fraction of sp³-hybridized carbons (Fsp3) is 0.364. The molecule has 1 unspecified atom stereocenters. The van der Waals surface area contributed by atoms with Gasteiger partial charge >= 0.3 is 0 Å². The van der Waals surface area contributed by atoms with Gasteiger partial charge in [-0.05, 0) is 19.1 Å². The molecule has 1 aromatic rings. The minimum Gasteiger partial charge on any atom is -0.387 e. The van der Waals surface area contributed by atoms with Gasteiger partial charge in [-0.15, -0.1) is 6.42 Å². The van der Waals surface area contributed by atoms with Crippen LogP contribution in [0.3, 0.4) is 0 Å². The zero-order valence-electron chi connectivity index (χ0n) is 8.44. The van der Waals surface area contributed by atoms with Gasteiger partial charge in [-0.25, -0.2) is 0 Å². The summed E-state index contributed by atoms with van der Waals surface area (Å²) in [5.41, 5.74) is 1.62. The molecule has 1 heterocycles. The first-order valence-electron chi connectivity index (χ1n) is 4.43. The van der Waals surface area contributed by atoms with Crippen molar-refractivity contribution < 1.29 is 5.11 Å². The number of pyridine rings is 1. The van der Waals surface area contributed by atoms with Crippen LogP contribution in [0.5, 0.6) is 0 Å². The molecular weight excluding hydrogens is 176 g/mol. The molecule has 0 bridgehead atoms. The number of hydrogen-bond donors (Lipinski definition) is 1. The first-order valence-corrected chi connectivity index (χ1v) is 4.43. The SMILES string of the molecule is C#CCN(C)c1ccc(C(C)O)nc1. The van der Waals surface area contributed by atoms with E-state index in [9.17, 15) is 5.11 Å². The third-order valence-corrected chi connectivity index (χ3v) is 1.97. The maximum absolute atomic E-state index is 9.25. The number of nitrogens with zero attached hydrogens (tertiary/aromatic N) is 2. The molecule has 0 spiro atoms. The van der Waals surface area contributed by atoms with E-state index in [1.54, 1.807) is 19.2 Å². The summed E-state index contributed by atoms with van der Waals surface area (Å²) in [6, 6.07) is 3.69. The van der Waals surface area contributed by atoms with Crippen LogP contribution in [0.2, 0.25) is 0 Å². The summed E-state index contributed by atoms with van der Waals surface area (Å²) in [6.45, 7) is 2.24. The van der Waals surface area contributed by atoms with Gasteiger partial charge in [0.15, 0.2) is 0 Å². The van der Waals surface area contributed by atoms with Crippen LogP contribution in [0.4, 0.5) is 5.69 Å². The number of rotatable bonds is 3. The van der Waals surface area contributed by atoms with Gasteiger partial charge in [0.05, 0.1) is 30.2 Å². The van der Waals surface area contributed by atoms with E-state index < -0.39 is 6.10 Å². The smallest absolute Gasteiger partial charge is 0.0931 e. The fourth-order valence-electron chi connectivity index (χ4n) is 1.10. The minimum absolute atomic E-state index is 0.526. The molecule has 1 N–H and O–H groups in total.